The van der Waals surface area contributed by atoms with Crippen LogP contribution in [0.15, 0.2) is 18.2 Å². The molecule has 1 aromatic carbocycles. The maximum Gasteiger partial charge on any atom is 0.573 e. The van der Waals surface area contributed by atoms with E-state index in [1.165, 1.54) is 6.07 Å². The van der Waals surface area contributed by atoms with E-state index in [9.17, 15) is 18.0 Å². The molecule has 0 heterocycles. The lowest BCUT2D eigenvalue weighted by Gasteiger charge is -2.11. The second kappa shape index (κ2) is 5.83. The molecule has 1 aliphatic carbocycles. The van der Waals surface area contributed by atoms with Gasteiger partial charge in [0.15, 0.2) is 0 Å². The molecule has 2 rings (SSSR count). The van der Waals surface area contributed by atoms with Crippen LogP contribution >= 0.6 is 0 Å². The van der Waals surface area contributed by atoms with Crippen LogP contribution in [-0.2, 0) is 4.74 Å². The number of benzene rings is 1. The largest absolute Gasteiger partial charge is 0.573 e. The third-order valence-electron chi connectivity index (χ3n) is 2.33. The van der Waals surface area contributed by atoms with E-state index in [0.717, 1.165) is 25.0 Å². The van der Waals surface area contributed by atoms with E-state index in [1.807, 2.05) is 6.11 Å². The number of carbonyl (C=O) groups is 1. The molecule has 0 aliphatic heterocycles. The third kappa shape index (κ3) is 5.14. The molecule has 1 aromatic rings. The molecule has 5 nitrogen and oxygen atoms in total. The first kappa shape index (κ1) is 14.8. The van der Waals surface area contributed by atoms with Gasteiger partial charge < -0.3 is 19.3 Å². The van der Waals surface area contributed by atoms with Crippen LogP contribution in [0.5, 0.6) is 11.5 Å². The maximum atomic E-state index is 12.2. The van der Waals surface area contributed by atoms with Crippen LogP contribution in [0.1, 0.15) is 18.4 Å². The first-order valence-electron chi connectivity index (χ1n) is 5.81. The molecule has 1 saturated carbocycles. The fraction of sp³-hybridized carbons (Fsp3) is 0.308. The number of hydrogen-bond acceptors (Lipinski definition) is 4. The zero-order chi connectivity index (χ0) is 15.5. The van der Waals surface area contributed by atoms with Crippen molar-refractivity contribution < 1.29 is 37.3 Å². The van der Waals surface area contributed by atoms with Crippen LogP contribution in [-0.4, -0.2) is 23.7 Å². The van der Waals surface area contributed by atoms with Gasteiger partial charge in [0, 0.05) is 6.07 Å². The Morgan fingerprint density at radius 2 is 2.05 bits per heavy atom. The second-order valence-electron chi connectivity index (χ2n) is 4.12. The monoisotopic (exact) mass is 302 g/mol. The highest BCUT2D eigenvalue weighted by Crippen LogP contribution is 2.32. The Kier molecular flexibility index (Phi) is 4.12. The predicted octanol–water partition coefficient (Wildman–Crippen LogP) is 3.13. The van der Waals surface area contributed by atoms with E-state index < -0.39 is 18.3 Å². The van der Waals surface area contributed by atoms with Gasteiger partial charge in [0.05, 0.1) is 11.7 Å². The zero-order valence-electron chi connectivity index (χ0n) is 10.4. The first-order valence-corrected chi connectivity index (χ1v) is 5.81. The summed E-state index contributed by atoms with van der Waals surface area (Å²) in [5.74, 6) is 2.04. The van der Waals surface area contributed by atoms with E-state index in [1.54, 1.807) is 0 Å². The number of ether oxygens (including phenoxy) is 3. The average molecular weight is 302 g/mol. The molecule has 0 saturated heterocycles. The highest BCUT2D eigenvalue weighted by atomic mass is 19.4. The minimum atomic E-state index is -4.83. The van der Waals surface area contributed by atoms with Gasteiger partial charge in [-0.25, -0.2) is 4.79 Å². The Bertz CT molecular complexity index is 596. The van der Waals surface area contributed by atoms with Gasteiger partial charge >= 0.3 is 12.5 Å². The maximum absolute atomic E-state index is 12.2. The molecule has 1 fully saturated rings. The minimum absolute atomic E-state index is 0.000302. The molecule has 21 heavy (non-hydrogen) atoms. The Morgan fingerprint density at radius 3 is 2.62 bits per heavy atom. The van der Waals surface area contributed by atoms with Crippen molar-refractivity contribution in [3.05, 3.63) is 23.8 Å². The van der Waals surface area contributed by atoms with Gasteiger partial charge in [-0.05, 0) is 30.9 Å². The molecule has 0 aromatic heterocycles. The van der Waals surface area contributed by atoms with Crippen molar-refractivity contribution in [2.75, 3.05) is 0 Å². The highest BCUT2D eigenvalue weighted by Gasteiger charge is 2.31. The summed E-state index contributed by atoms with van der Waals surface area (Å²) in [7, 11) is 0. The number of rotatable bonds is 3. The Labute approximate surface area is 117 Å². The standard InChI is InChI=1S/C13H9F3O5/c14-13(15,16)21-10-3-4-11(20-9-1-2-9)8(7-10)5-6-19-12(17)18/h3-4,7,9H,1-2H2,(H,17,18). The molecule has 8 heteroatoms. The van der Waals surface area contributed by atoms with E-state index >= 15 is 0 Å². The smallest absolute Gasteiger partial charge is 0.489 e. The van der Waals surface area contributed by atoms with Gasteiger partial charge in [-0.3, -0.25) is 0 Å². The summed E-state index contributed by atoms with van der Waals surface area (Å²) >= 11 is 0. The van der Waals surface area contributed by atoms with Gasteiger partial charge in [0.2, 0.25) is 0 Å². The second-order valence-corrected chi connectivity index (χ2v) is 4.12. The summed E-state index contributed by atoms with van der Waals surface area (Å²) in [5, 5.41) is 8.29. The molecule has 1 aliphatic rings. The summed E-state index contributed by atoms with van der Waals surface area (Å²) in [6.45, 7) is 0. The summed E-state index contributed by atoms with van der Waals surface area (Å²) in [6.07, 6.45) is -2.90. The minimum Gasteiger partial charge on any atom is -0.489 e. The lowest BCUT2D eigenvalue weighted by molar-refractivity contribution is -0.274. The zero-order valence-corrected chi connectivity index (χ0v) is 10.4. The number of carboxylic acid groups (broad SMARTS) is 1. The van der Waals surface area contributed by atoms with Crippen molar-refractivity contribution >= 4 is 6.16 Å². The van der Waals surface area contributed by atoms with Crippen molar-refractivity contribution in [3.8, 4) is 23.5 Å². The van der Waals surface area contributed by atoms with Crippen LogP contribution < -0.4 is 9.47 Å². The molecule has 0 atom stereocenters. The molecule has 112 valence electrons. The van der Waals surface area contributed by atoms with Gasteiger partial charge in [0.25, 0.3) is 0 Å². The fourth-order valence-electron chi connectivity index (χ4n) is 1.40. The molecular weight excluding hydrogens is 293 g/mol. The van der Waals surface area contributed by atoms with Gasteiger partial charge in [-0.15, -0.1) is 13.2 Å². The lowest BCUT2D eigenvalue weighted by atomic mass is 10.2. The fourth-order valence-corrected chi connectivity index (χ4v) is 1.40. The lowest BCUT2D eigenvalue weighted by Crippen LogP contribution is -2.17. The molecule has 0 amide bonds. The number of halogens is 3. The van der Waals surface area contributed by atoms with Crippen molar-refractivity contribution in [2.24, 2.45) is 0 Å². The van der Waals surface area contributed by atoms with Crippen LogP contribution in [0.3, 0.4) is 0 Å². The summed E-state index contributed by atoms with van der Waals surface area (Å²) in [4.78, 5) is 10.2. The van der Waals surface area contributed by atoms with E-state index in [0.29, 0.717) is 0 Å². The molecular formula is C13H9F3O5. The Morgan fingerprint density at radius 1 is 1.33 bits per heavy atom. The number of alkyl halides is 3. The highest BCUT2D eigenvalue weighted by molar-refractivity contribution is 5.59. The molecule has 0 radical (unpaired) electrons. The van der Waals surface area contributed by atoms with Crippen molar-refractivity contribution in [3.63, 3.8) is 0 Å². The summed E-state index contributed by atoms with van der Waals surface area (Å²) in [5.41, 5.74) is 0.0462. The van der Waals surface area contributed by atoms with Crippen molar-refractivity contribution in [1.82, 2.24) is 0 Å². The molecule has 0 bridgehead atoms. The van der Waals surface area contributed by atoms with Crippen molar-refractivity contribution in [2.45, 2.75) is 25.3 Å². The van der Waals surface area contributed by atoms with E-state index in [2.05, 4.69) is 15.4 Å². The molecule has 0 unspecified atom stereocenters. The third-order valence-corrected chi connectivity index (χ3v) is 2.33. The first-order chi connectivity index (χ1) is 9.83. The average Bonchev–Trinajstić information content (AvgIpc) is 3.14. The van der Waals surface area contributed by atoms with Crippen LogP contribution in [0.2, 0.25) is 0 Å². The Balaban J connectivity index is 2.23. The normalized spacial score (nSPS) is 13.9. The predicted molar refractivity (Wildman–Crippen MR) is 62.8 cm³/mol. The van der Waals surface area contributed by atoms with Crippen molar-refractivity contribution in [1.29, 1.82) is 0 Å². The Hall–Kier alpha value is -2.56. The van der Waals surface area contributed by atoms with E-state index in [4.69, 9.17) is 9.84 Å². The number of hydrogen-bond donors (Lipinski definition) is 1. The SMILES string of the molecule is O=C(O)OC#Cc1cc(OC(F)(F)F)ccc1OC1CC1. The van der Waals surface area contributed by atoms with Gasteiger partial charge in [0.1, 0.15) is 17.6 Å². The quantitative estimate of drug-likeness (QED) is 0.686. The molecule has 1 N–H and O–H groups in total. The van der Waals surface area contributed by atoms with Gasteiger partial charge in [-0.1, -0.05) is 0 Å². The summed E-state index contributed by atoms with van der Waals surface area (Å²) < 4.78 is 49.7. The van der Waals surface area contributed by atoms with E-state index in [-0.39, 0.29) is 17.4 Å². The topological polar surface area (TPSA) is 65.0 Å². The van der Waals surface area contributed by atoms with Crippen LogP contribution in [0.25, 0.3) is 0 Å². The molecule has 0 spiro atoms. The van der Waals surface area contributed by atoms with Crippen LogP contribution in [0.4, 0.5) is 18.0 Å². The summed E-state index contributed by atoms with van der Waals surface area (Å²) in [6, 6.07) is 3.38. The van der Waals surface area contributed by atoms with Crippen LogP contribution in [0, 0.1) is 12.0 Å². The van der Waals surface area contributed by atoms with Gasteiger partial charge in [-0.2, -0.15) is 0 Å².